The van der Waals surface area contributed by atoms with Crippen molar-refractivity contribution in [1.29, 1.82) is 0 Å². The second-order valence-corrected chi connectivity index (χ2v) is 6.07. The number of esters is 1. The second-order valence-electron chi connectivity index (χ2n) is 6.07. The van der Waals surface area contributed by atoms with Crippen molar-refractivity contribution >= 4 is 29.2 Å². The van der Waals surface area contributed by atoms with Crippen LogP contribution < -0.4 is 10.2 Å². The lowest BCUT2D eigenvalue weighted by Crippen LogP contribution is -2.37. The lowest BCUT2D eigenvalue weighted by atomic mass is 10.0. The van der Waals surface area contributed by atoms with Gasteiger partial charge in [-0.25, -0.2) is 4.79 Å². The van der Waals surface area contributed by atoms with Crippen molar-refractivity contribution in [1.82, 2.24) is 0 Å². The first-order valence-corrected chi connectivity index (χ1v) is 8.45. The molecule has 6 nitrogen and oxygen atoms in total. The molecular weight excluding hydrogens is 332 g/mol. The average molecular weight is 352 g/mol. The molecule has 0 saturated heterocycles. The molecule has 0 unspecified atom stereocenters. The highest BCUT2D eigenvalue weighted by Gasteiger charge is 2.23. The van der Waals surface area contributed by atoms with Crippen molar-refractivity contribution in [2.45, 2.75) is 19.3 Å². The zero-order valence-corrected chi connectivity index (χ0v) is 14.5. The van der Waals surface area contributed by atoms with E-state index in [0.717, 1.165) is 24.1 Å². The number of rotatable bonds is 4. The monoisotopic (exact) mass is 352 g/mol. The SMILES string of the molecule is COC(=O)c1ccc(NC(=O)CC(=O)N2CCCc3ccccc32)cc1. The van der Waals surface area contributed by atoms with Crippen LogP contribution >= 0.6 is 0 Å². The van der Waals surface area contributed by atoms with E-state index < -0.39 is 5.97 Å². The number of ether oxygens (including phenoxy) is 1. The van der Waals surface area contributed by atoms with Crippen LogP contribution in [-0.2, 0) is 20.7 Å². The molecule has 1 heterocycles. The van der Waals surface area contributed by atoms with E-state index in [1.54, 1.807) is 29.2 Å². The van der Waals surface area contributed by atoms with Gasteiger partial charge < -0.3 is 15.0 Å². The summed E-state index contributed by atoms with van der Waals surface area (Å²) in [5.41, 5.74) is 2.94. The number of amides is 2. The summed E-state index contributed by atoms with van der Waals surface area (Å²) in [5.74, 6) is -1.05. The molecule has 26 heavy (non-hydrogen) atoms. The Kier molecular flexibility index (Phi) is 5.31. The number of nitrogens with one attached hydrogen (secondary N) is 1. The minimum Gasteiger partial charge on any atom is -0.465 e. The molecule has 0 aliphatic carbocycles. The molecule has 0 radical (unpaired) electrons. The third-order valence-corrected chi connectivity index (χ3v) is 4.31. The summed E-state index contributed by atoms with van der Waals surface area (Å²) in [7, 11) is 1.31. The van der Waals surface area contributed by atoms with Gasteiger partial charge in [0, 0.05) is 17.9 Å². The molecule has 0 saturated carbocycles. The summed E-state index contributed by atoms with van der Waals surface area (Å²) in [5, 5.41) is 2.68. The van der Waals surface area contributed by atoms with Gasteiger partial charge in [-0.15, -0.1) is 0 Å². The lowest BCUT2D eigenvalue weighted by molar-refractivity contribution is -0.125. The van der Waals surface area contributed by atoms with Crippen LogP contribution in [0.15, 0.2) is 48.5 Å². The van der Waals surface area contributed by atoms with Gasteiger partial charge in [-0.05, 0) is 48.7 Å². The number of carbonyl (C=O) groups excluding carboxylic acids is 3. The molecule has 1 N–H and O–H groups in total. The summed E-state index contributed by atoms with van der Waals surface area (Å²) in [4.78, 5) is 37.8. The predicted octanol–water partition coefficient (Wildman–Crippen LogP) is 2.78. The van der Waals surface area contributed by atoms with Gasteiger partial charge in [0.2, 0.25) is 11.8 Å². The first kappa shape index (κ1) is 17.7. The smallest absolute Gasteiger partial charge is 0.337 e. The van der Waals surface area contributed by atoms with Crippen LogP contribution in [0.5, 0.6) is 0 Å². The Bertz CT molecular complexity index is 830. The number of carbonyl (C=O) groups is 3. The maximum Gasteiger partial charge on any atom is 0.337 e. The fourth-order valence-corrected chi connectivity index (χ4v) is 3.04. The van der Waals surface area contributed by atoms with E-state index in [1.807, 2.05) is 24.3 Å². The van der Waals surface area contributed by atoms with Crippen molar-refractivity contribution in [3.05, 3.63) is 59.7 Å². The van der Waals surface area contributed by atoms with E-state index in [1.165, 1.54) is 7.11 Å². The number of fused-ring (bicyclic) bond motifs is 1. The number of aryl methyl sites for hydroxylation is 1. The standard InChI is InChI=1S/C20H20N2O4/c1-26-20(25)15-8-10-16(11-9-15)21-18(23)13-19(24)22-12-4-6-14-5-2-3-7-17(14)22/h2-3,5,7-11H,4,6,12-13H2,1H3,(H,21,23). The topological polar surface area (TPSA) is 75.7 Å². The molecule has 3 rings (SSSR count). The second kappa shape index (κ2) is 7.82. The van der Waals surface area contributed by atoms with Crippen molar-refractivity contribution in [3.63, 3.8) is 0 Å². The lowest BCUT2D eigenvalue weighted by Gasteiger charge is -2.29. The normalized spacial score (nSPS) is 12.9. The highest BCUT2D eigenvalue weighted by Crippen LogP contribution is 2.27. The van der Waals surface area contributed by atoms with Crippen LogP contribution in [0.25, 0.3) is 0 Å². The third kappa shape index (κ3) is 3.91. The van der Waals surface area contributed by atoms with Crippen molar-refractivity contribution in [2.75, 3.05) is 23.9 Å². The number of para-hydroxylation sites is 1. The molecule has 1 aliphatic heterocycles. The minimum atomic E-state index is -0.443. The van der Waals surface area contributed by atoms with E-state index >= 15 is 0 Å². The van der Waals surface area contributed by atoms with Crippen molar-refractivity contribution in [3.8, 4) is 0 Å². The minimum absolute atomic E-state index is 0.221. The average Bonchev–Trinajstić information content (AvgIpc) is 2.67. The van der Waals surface area contributed by atoms with Crippen LogP contribution in [0, 0.1) is 0 Å². The van der Waals surface area contributed by atoms with Crippen molar-refractivity contribution in [2.24, 2.45) is 0 Å². The predicted molar refractivity (Wildman–Crippen MR) is 98.1 cm³/mol. The molecule has 6 heteroatoms. The van der Waals surface area contributed by atoms with Gasteiger partial charge in [0.25, 0.3) is 0 Å². The van der Waals surface area contributed by atoms with E-state index in [2.05, 4.69) is 10.1 Å². The van der Waals surface area contributed by atoms with Gasteiger partial charge in [0.1, 0.15) is 6.42 Å². The molecule has 2 aromatic carbocycles. The fraction of sp³-hybridized carbons (Fsp3) is 0.250. The van der Waals surface area contributed by atoms with Gasteiger partial charge in [0.05, 0.1) is 12.7 Å². The van der Waals surface area contributed by atoms with Gasteiger partial charge in [-0.2, -0.15) is 0 Å². The molecule has 0 spiro atoms. The Morgan fingerprint density at radius 2 is 1.81 bits per heavy atom. The molecule has 0 fully saturated rings. The van der Waals surface area contributed by atoms with Gasteiger partial charge in [-0.1, -0.05) is 18.2 Å². The molecule has 0 aromatic heterocycles. The van der Waals surface area contributed by atoms with Crippen LogP contribution in [0.1, 0.15) is 28.8 Å². The Hall–Kier alpha value is -3.15. The number of hydrogen-bond donors (Lipinski definition) is 1. The van der Waals surface area contributed by atoms with Crippen LogP contribution in [0.3, 0.4) is 0 Å². The molecule has 0 bridgehead atoms. The third-order valence-electron chi connectivity index (χ3n) is 4.31. The molecule has 2 amide bonds. The van der Waals surface area contributed by atoms with Crippen LogP contribution in [-0.4, -0.2) is 31.4 Å². The highest BCUT2D eigenvalue weighted by molar-refractivity contribution is 6.09. The maximum absolute atomic E-state index is 12.5. The Morgan fingerprint density at radius 1 is 1.08 bits per heavy atom. The zero-order valence-electron chi connectivity index (χ0n) is 14.5. The number of benzene rings is 2. The fourth-order valence-electron chi connectivity index (χ4n) is 3.04. The molecule has 1 aliphatic rings. The van der Waals surface area contributed by atoms with Crippen LogP contribution in [0.2, 0.25) is 0 Å². The van der Waals surface area contributed by atoms with Crippen molar-refractivity contribution < 1.29 is 19.1 Å². The summed E-state index contributed by atoms with van der Waals surface area (Å²) in [6, 6.07) is 14.1. The quantitative estimate of drug-likeness (QED) is 0.678. The first-order chi connectivity index (χ1) is 12.6. The van der Waals surface area contributed by atoms with Gasteiger partial charge in [0.15, 0.2) is 0 Å². The van der Waals surface area contributed by atoms with E-state index in [9.17, 15) is 14.4 Å². The van der Waals surface area contributed by atoms with E-state index in [0.29, 0.717) is 17.8 Å². The Morgan fingerprint density at radius 3 is 2.54 bits per heavy atom. The highest BCUT2D eigenvalue weighted by atomic mass is 16.5. The molecular formula is C20H20N2O4. The number of anilines is 2. The zero-order chi connectivity index (χ0) is 18.5. The number of methoxy groups -OCH3 is 1. The molecule has 2 aromatic rings. The molecule has 0 atom stereocenters. The summed E-state index contributed by atoms with van der Waals surface area (Å²) >= 11 is 0. The van der Waals surface area contributed by atoms with Gasteiger partial charge in [-0.3, -0.25) is 9.59 Å². The Balaban J connectivity index is 1.62. The first-order valence-electron chi connectivity index (χ1n) is 8.45. The summed E-state index contributed by atoms with van der Waals surface area (Å²) in [6.45, 7) is 0.622. The summed E-state index contributed by atoms with van der Waals surface area (Å²) in [6.07, 6.45) is 1.60. The number of hydrogen-bond acceptors (Lipinski definition) is 4. The van der Waals surface area contributed by atoms with E-state index in [-0.39, 0.29) is 18.2 Å². The molecule has 134 valence electrons. The summed E-state index contributed by atoms with van der Waals surface area (Å²) < 4.78 is 4.63. The van der Waals surface area contributed by atoms with Gasteiger partial charge >= 0.3 is 5.97 Å². The Labute approximate surface area is 151 Å². The van der Waals surface area contributed by atoms with Crippen LogP contribution in [0.4, 0.5) is 11.4 Å². The number of nitrogens with zero attached hydrogens (tertiary/aromatic N) is 1. The maximum atomic E-state index is 12.5. The van der Waals surface area contributed by atoms with E-state index in [4.69, 9.17) is 0 Å². The largest absolute Gasteiger partial charge is 0.465 e.